The first-order valence-corrected chi connectivity index (χ1v) is 9.81. The first-order valence-electron chi connectivity index (χ1n) is 9.81. The van der Waals surface area contributed by atoms with E-state index in [0.717, 1.165) is 22.3 Å². The van der Waals surface area contributed by atoms with Crippen molar-refractivity contribution in [2.45, 2.75) is 19.6 Å². The van der Waals surface area contributed by atoms with Crippen molar-refractivity contribution in [1.29, 1.82) is 0 Å². The van der Waals surface area contributed by atoms with Gasteiger partial charge in [0.15, 0.2) is 11.5 Å². The second-order valence-electron chi connectivity index (χ2n) is 7.24. The maximum Gasteiger partial charge on any atom is 0.416 e. The molecule has 32 heavy (non-hydrogen) atoms. The summed E-state index contributed by atoms with van der Waals surface area (Å²) < 4.78 is 51.3. The molecular formula is C23H19F3N2O4. The number of ether oxygens (including phenoxy) is 2. The zero-order valence-corrected chi connectivity index (χ0v) is 17.0. The second kappa shape index (κ2) is 8.41. The van der Waals surface area contributed by atoms with Crippen LogP contribution in [0.4, 0.5) is 13.2 Å². The molecule has 0 spiro atoms. The number of hydrogen-bond acceptors (Lipinski definition) is 4. The van der Waals surface area contributed by atoms with Gasteiger partial charge in [0.25, 0.3) is 11.5 Å². The number of halogens is 3. The van der Waals surface area contributed by atoms with Gasteiger partial charge in [-0.25, -0.2) is 0 Å². The molecule has 1 aliphatic rings. The van der Waals surface area contributed by atoms with Gasteiger partial charge in [-0.2, -0.15) is 13.2 Å². The molecule has 0 saturated heterocycles. The highest BCUT2D eigenvalue weighted by Gasteiger charge is 2.30. The minimum atomic E-state index is -4.55. The molecule has 0 saturated carbocycles. The van der Waals surface area contributed by atoms with E-state index in [4.69, 9.17) is 9.47 Å². The Balaban J connectivity index is 1.59. The first kappa shape index (κ1) is 21.5. The van der Waals surface area contributed by atoms with Gasteiger partial charge < -0.3 is 14.8 Å². The molecule has 3 aromatic rings. The van der Waals surface area contributed by atoms with E-state index in [1.807, 2.05) is 0 Å². The topological polar surface area (TPSA) is 69.6 Å². The van der Waals surface area contributed by atoms with Gasteiger partial charge in [0.05, 0.1) is 5.56 Å². The molecule has 6 nitrogen and oxygen atoms in total. The second-order valence-corrected chi connectivity index (χ2v) is 7.24. The summed E-state index contributed by atoms with van der Waals surface area (Å²) in [5.74, 6) is 0.560. The lowest BCUT2D eigenvalue weighted by molar-refractivity contribution is -0.137. The zero-order valence-electron chi connectivity index (χ0n) is 17.0. The Bertz CT molecular complexity index is 1230. The van der Waals surface area contributed by atoms with Gasteiger partial charge in [0, 0.05) is 17.9 Å². The van der Waals surface area contributed by atoms with Crippen molar-refractivity contribution in [2.24, 2.45) is 0 Å². The van der Waals surface area contributed by atoms with Crippen LogP contribution in [0.3, 0.4) is 0 Å². The van der Waals surface area contributed by atoms with Gasteiger partial charge in [0.1, 0.15) is 18.8 Å². The molecule has 166 valence electrons. The third-order valence-electron chi connectivity index (χ3n) is 5.01. The molecule has 1 N–H and O–H groups in total. The fourth-order valence-corrected chi connectivity index (χ4v) is 3.42. The highest BCUT2D eigenvalue weighted by molar-refractivity contribution is 5.93. The van der Waals surface area contributed by atoms with Crippen LogP contribution in [0, 0.1) is 6.92 Å². The first-order chi connectivity index (χ1) is 15.2. The molecule has 2 aromatic carbocycles. The van der Waals surface area contributed by atoms with Gasteiger partial charge in [-0.05, 0) is 55.0 Å². The average Bonchev–Trinajstić information content (AvgIpc) is 2.77. The number of nitrogens with zero attached hydrogens (tertiary/aromatic N) is 1. The summed E-state index contributed by atoms with van der Waals surface area (Å²) in [6, 6.07) is 12.5. The molecule has 9 heteroatoms. The SMILES string of the molecule is Cc1ccc(C(=O)NCc2ccc3c(c2)OCCO3)c(=O)n1-c1cccc(C(F)(F)F)c1. The van der Waals surface area contributed by atoms with Crippen LogP contribution < -0.4 is 20.3 Å². The molecule has 0 aliphatic carbocycles. The molecule has 4 rings (SSSR count). The largest absolute Gasteiger partial charge is 0.486 e. The van der Waals surface area contributed by atoms with Gasteiger partial charge in [0.2, 0.25) is 0 Å². The van der Waals surface area contributed by atoms with Crippen LogP contribution in [0.15, 0.2) is 59.4 Å². The fraction of sp³-hybridized carbons (Fsp3) is 0.217. The maximum absolute atomic E-state index is 13.1. The number of fused-ring (bicyclic) bond motifs is 1. The molecule has 0 unspecified atom stereocenters. The highest BCUT2D eigenvalue weighted by Crippen LogP contribution is 2.31. The van der Waals surface area contributed by atoms with E-state index in [2.05, 4.69) is 5.32 Å². The Hall–Kier alpha value is -3.75. The number of rotatable bonds is 4. The molecule has 0 bridgehead atoms. The summed E-state index contributed by atoms with van der Waals surface area (Å²) >= 11 is 0. The summed E-state index contributed by atoms with van der Waals surface area (Å²) in [5, 5.41) is 2.67. The standard InChI is InChI=1S/C23H19F3N2O4/c1-14-5-7-18(22(30)28(14)17-4-2-3-16(12-17)23(24,25)26)21(29)27-13-15-6-8-19-20(11-15)32-10-9-31-19/h2-8,11-12H,9-10,13H2,1H3,(H,27,29). The van der Waals surface area contributed by atoms with Crippen LogP contribution in [0.1, 0.15) is 27.2 Å². The molecule has 2 heterocycles. The molecule has 0 fully saturated rings. The number of hydrogen-bond donors (Lipinski definition) is 1. The third-order valence-corrected chi connectivity index (χ3v) is 5.01. The van der Waals surface area contributed by atoms with Crippen LogP contribution in [-0.2, 0) is 12.7 Å². The summed E-state index contributed by atoms with van der Waals surface area (Å²) in [6.45, 7) is 2.61. The minimum Gasteiger partial charge on any atom is -0.486 e. The molecular weight excluding hydrogens is 425 g/mol. The summed E-state index contributed by atoms with van der Waals surface area (Å²) in [5.41, 5.74) is -0.584. The number of alkyl halides is 3. The number of benzene rings is 2. The third kappa shape index (κ3) is 4.32. The van der Waals surface area contributed by atoms with Crippen LogP contribution in [0.25, 0.3) is 5.69 Å². The summed E-state index contributed by atoms with van der Waals surface area (Å²) in [4.78, 5) is 25.7. The van der Waals surface area contributed by atoms with Gasteiger partial charge in [-0.15, -0.1) is 0 Å². The maximum atomic E-state index is 13.1. The van der Waals surface area contributed by atoms with E-state index >= 15 is 0 Å². The van der Waals surface area contributed by atoms with Crippen LogP contribution in [0.2, 0.25) is 0 Å². The van der Waals surface area contributed by atoms with E-state index in [0.29, 0.717) is 30.4 Å². The number of amides is 1. The van der Waals surface area contributed by atoms with Crippen LogP contribution >= 0.6 is 0 Å². The number of nitrogens with one attached hydrogen (secondary N) is 1. The molecule has 1 aromatic heterocycles. The van der Waals surface area contributed by atoms with Crippen molar-refractivity contribution in [3.63, 3.8) is 0 Å². The number of aryl methyl sites for hydroxylation is 1. The van der Waals surface area contributed by atoms with Gasteiger partial charge in [-0.3, -0.25) is 14.2 Å². The fourth-order valence-electron chi connectivity index (χ4n) is 3.42. The Morgan fingerprint density at radius 1 is 1.03 bits per heavy atom. The van der Waals surface area contributed by atoms with E-state index < -0.39 is 23.2 Å². The van der Waals surface area contributed by atoms with Crippen molar-refractivity contribution in [3.05, 3.63) is 87.3 Å². The van der Waals surface area contributed by atoms with Crippen molar-refractivity contribution in [2.75, 3.05) is 13.2 Å². The lowest BCUT2D eigenvalue weighted by atomic mass is 10.1. The lowest BCUT2D eigenvalue weighted by Crippen LogP contribution is -2.33. The Labute approximate surface area is 181 Å². The van der Waals surface area contributed by atoms with Gasteiger partial charge in [-0.1, -0.05) is 12.1 Å². The average molecular weight is 444 g/mol. The monoisotopic (exact) mass is 444 g/mol. The Kier molecular flexibility index (Phi) is 5.65. The number of pyridine rings is 1. The molecule has 0 atom stereocenters. The quantitative estimate of drug-likeness (QED) is 0.664. The predicted molar refractivity (Wildman–Crippen MR) is 110 cm³/mol. The molecule has 1 amide bonds. The van der Waals surface area contributed by atoms with Crippen LogP contribution in [-0.4, -0.2) is 23.7 Å². The smallest absolute Gasteiger partial charge is 0.416 e. The van der Waals surface area contributed by atoms with Crippen molar-refractivity contribution in [1.82, 2.24) is 9.88 Å². The Morgan fingerprint density at radius 3 is 2.53 bits per heavy atom. The van der Waals surface area contributed by atoms with Crippen molar-refractivity contribution in [3.8, 4) is 17.2 Å². The number of carbonyl (C=O) groups excluding carboxylic acids is 1. The summed E-state index contributed by atoms with van der Waals surface area (Å²) in [7, 11) is 0. The highest BCUT2D eigenvalue weighted by atomic mass is 19.4. The van der Waals surface area contributed by atoms with E-state index in [-0.39, 0.29) is 17.8 Å². The number of carbonyl (C=O) groups is 1. The van der Waals surface area contributed by atoms with Crippen molar-refractivity contribution >= 4 is 5.91 Å². The zero-order chi connectivity index (χ0) is 22.9. The Morgan fingerprint density at radius 2 is 1.78 bits per heavy atom. The number of aromatic nitrogens is 1. The summed E-state index contributed by atoms with van der Waals surface area (Å²) in [6.07, 6.45) is -4.55. The van der Waals surface area contributed by atoms with E-state index in [1.54, 1.807) is 25.1 Å². The van der Waals surface area contributed by atoms with E-state index in [9.17, 15) is 22.8 Å². The van der Waals surface area contributed by atoms with Crippen LogP contribution in [0.5, 0.6) is 11.5 Å². The predicted octanol–water partition coefficient (Wildman–Crippen LogP) is 3.87. The van der Waals surface area contributed by atoms with E-state index in [1.165, 1.54) is 24.3 Å². The normalized spacial score (nSPS) is 13.0. The minimum absolute atomic E-state index is 0.0313. The van der Waals surface area contributed by atoms with Crippen molar-refractivity contribution < 1.29 is 27.4 Å². The molecule has 1 aliphatic heterocycles. The van der Waals surface area contributed by atoms with Gasteiger partial charge >= 0.3 is 6.18 Å². The lowest BCUT2D eigenvalue weighted by Gasteiger charge is -2.19. The molecule has 0 radical (unpaired) electrons.